The number of hydrogen-bond donors (Lipinski definition) is 2. The summed E-state index contributed by atoms with van der Waals surface area (Å²) < 4.78 is 6.63. The van der Waals surface area contributed by atoms with Gasteiger partial charge in [0.05, 0.1) is 12.2 Å². The number of ketones is 1. The minimum Gasteiger partial charge on any atom is -0.492 e. The van der Waals surface area contributed by atoms with E-state index in [4.69, 9.17) is 17.0 Å². The number of rotatable bonds is 7. The highest BCUT2D eigenvalue weighted by atomic mass is 79.9. The number of halogens is 1. The second-order valence-corrected chi connectivity index (χ2v) is 8.09. The lowest BCUT2D eigenvalue weighted by Crippen LogP contribution is -2.34. The van der Waals surface area contributed by atoms with E-state index in [1.165, 1.54) is 6.92 Å². The van der Waals surface area contributed by atoms with Gasteiger partial charge in [-0.15, -0.1) is 0 Å². The van der Waals surface area contributed by atoms with Crippen molar-refractivity contribution >= 4 is 50.6 Å². The molecule has 0 radical (unpaired) electrons. The van der Waals surface area contributed by atoms with Crippen LogP contribution in [0.5, 0.6) is 5.75 Å². The Morgan fingerprint density at radius 3 is 2.52 bits per heavy atom. The first-order chi connectivity index (χ1) is 14.9. The number of nitrogens with one attached hydrogen (secondary N) is 2. The summed E-state index contributed by atoms with van der Waals surface area (Å²) in [6, 6.07) is 22.2. The van der Waals surface area contributed by atoms with Crippen molar-refractivity contribution in [2.75, 3.05) is 11.9 Å². The minimum atomic E-state index is -0.392. The van der Waals surface area contributed by atoms with Crippen LogP contribution in [-0.2, 0) is 6.42 Å². The van der Waals surface area contributed by atoms with Crippen LogP contribution in [0, 0.1) is 0 Å². The molecule has 1 amide bonds. The molecule has 0 saturated carbocycles. The van der Waals surface area contributed by atoms with Gasteiger partial charge in [-0.1, -0.05) is 58.4 Å². The van der Waals surface area contributed by atoms with E-state index in [1.54, 1.807) is 36.4 Å². The third-order valence-corrected chi connectivity index (χ3v) is 5.13. The van der Waals surface area contributed by atoms with Gasteiger partial charge in [0.1, 0.15) is 5.75 Å². The summed E-state index contributed by atoms with van der Waals surface area (Å²) in [5.74, 6) is 0.0271. The van der Waals surface area contributed by atoms with Crippen LogP contribution in [-0.4, -0.2) is 23.4 Å². The van der Waals surface area contributed by atoms with Gasteiger partial charge in [-0.05, 0) is 55.0 Å². The summed E-state index contributed by atoms with van der Waals surface area (Å²) in [5, 5.41) is 5.72. The third kappa shape index (κ3) is 6.73. The molecule has 158 valence electrons. The quantitative estimate of drug-likeness (QED) is 0.338. The maximum Gasteiger partial charge on any atom is 0.261 e. The molecule has 7 heteroatoms. The van der Waals surface area contributed by atoms with Gasteiger partial charge in [-0.2, -0.15) is 0 Å². The monoisotopic (exact) mass is 496 g/mol. The van der Waals surface area contributed by atoms with Crippen molar-refractivity contribution in [3.8, 4) is 5.75 Å². The van der Waals surface area contributed by atoms with Crippen LogP contribution in [0.3, 0.4) is 0 Å². The molecule has 0 aliphatic heterocycles. The van der Waals surface area contributed by atoms with Gasteiger partial charge in [-0.3, -0.25) is 14.9 Å². The highest BCUT2D eigenvalue weighted by Crippen LogP contribution is 2.23. The number of ether oxygens (including phenoxy) is 1. The van der Waals surface area contributed by atoms with Crippen molar-refractivity contribution in [3.05, 3.63) is 94.0 Å². The van der Waals surface area contributed by atoms with Crippen molar-refractivity contribution < 1.29 is 14.3 Å². The van der Waals surface area contributed by atoms with Crippen molar-refractivity contribution in [2.24, 2.45) is 0 Å². The zero-order valence-electron chi connectivity index (χ0n) is 16.9. The Morgan fingerprint density at radius 1 is 1.00 bits per heavy atom. The molecule has 5 nitrogen and oxygen atoms in total. The number of benzene rings is 3. The number of amides is 1. The standard InChI is InChI=1S/C24H21BrN2O3S/c1-16(28)18-8-5-9-20(14-18)26-24(31)27-23(29)21-15-19(25)10-11-22(21)30-13-12-17-6-3-2-4-7-17/h2-11,14-15H,12-13H2,1H3,(H2,26,27,29,31). The van der Waals surface area contributed by atoms with Crippen LogP contribution in [0.4, 0.5) is 5.69 Å². The summed E-state index contributed by atoms with van der Waals surface area (Å²) in [4.78, 5) is 24.4. The summed E-state index contributed by atoms with van der Waals surface area (Å²) >= 11 is 8.66. The van der Waals surface area contributed by atoms with Crippen molar-refractivity contribution in [3.63, 3.8) is 0 Å². The van der Waals surface area contributed by atoms with Crippen molar-refractivity contribution in [1.29, 1.82) is 0 Å². The number of carbonyl (C=O) groups is 2. The summed E-state index contributed by atoms with van der Waals surface area (Å²) in [5.41, 5.74) is 2.69. The van der Waals surface area contributed by atoms with Gasteiger partial charge < -0.3 is 10.1 Å². The normalized spacial score (nSPS) is 10.3. The molecule has 3 aromatic rings. The number of Topliss-reactive ketones (excluding diaryl/α,β-unsaturated/α-hetero) is 1. The van der Waals surface area contributed by atoms with E-state index in [0.29, 0.717) is 29.2 Å². The average Bonchev–Trinajstić information content (AvgIpc) is 2.75. The molecule has 0 fully saturated rings. The Balaban J connectivity index is 1.65. The van der Waals surface area contributed by atoms with E-state index in [-0.39, 0.29) is 10.9 Å². The predicted molar refractivity (Wildman–Crippen MR) is 130 cm³/mol. The van der Waals surface area contributed by atoms with Crippen LogP contribution >= 0.6 is 28.1 Å². The fourth-order valence-electron chi connectivity index (χ4n) is 2.88. The van der Waals surface area contributed by atoms with E-state index in [9.17, 15) is 9.59 Å². The molecule has 0 atom stereocenters. The first-order valence-corrected chi connectivity index (χ1v) is 10.8. The largest absolute Gasteiger partial charge is 0.492 e. The summed E-state index contributed by atoms with van der Waals surface area (Å²) in [6.45, 7) is 1.93. The third-order valence-electron chi connectivity index (χ3n) is 4.43. The van der Waals surface area contributed by atoms with Crippen LogP contribution in [0.2, 0.25) is 0 Å². The lowest BCUT2D eigenvalue weighted by atomic mass is 10.1. The Morgan fingerprint density at radius 2 is 1.77 bits per heavy atom. The molecular formula is C24H21BrN2O3S. The van der Waals surface area contributed by atoms with Crippen LogP contribution in [0.15, 0.2) is 77.3 Å². The van der Waals surface area contributed by atoms with Crippen molar-refractivity contribution in [1.82, 2.24) is 5.32 Å². The molecule has 0 aromatic heterocycles. The average molecular weight is 497 g/mol. The van der Waals surface area contributed by atoms with Crippen LogP contribution < -0.4 is 15.4 Å². The summed E-state index contributed by atoms with van der Waals surface area (Å²) in [7, 11) is 0. The SMILES string of the molecule is CC(=O)c1cccc(NC(=S)NC(=O)c2cc(Br)ccc2OCCc2ccccc2)c1. The van der Waals surface area contributed by atoms with Gasteiger partial charge in [0, 0.05) is 22.1 Å². The van der Waals surface area contributed by atoms with Gasteiger partial charge >= 0.3 is 0 Å². The maximum atomic E-state index is 12.8. The van der Waals surface area contributed by atoms with E-state index < -0.39 is 5.91 Å². The van der Waals surface area contributed by atoms with E-state index >= 15 is 0 Å². The van der Waals surface area contributed by atoms with Crippen molar-refractivity contribution in [2.45, 2.75) is 13.3 Å². The molecule has 31 heavy (non-hydrogen) atoms. The molecule has 0 heterocycles. The Hall–Kier alpha value is -3.03. The molecule has 0 aliphatic carbocycles. The molecule has 0 unspecified atom stereocenters. The zero-order valence-corrected chi connectivity index (χ0v) is 19.3. The molecule has 0 saturated heterocycles. The molecule has 3 aromatic carbocycles. The molecule has 0 spiro atoms. The molecule has 3 rings (SSSR count). The number of hydrogen-bond acceptors (Lipinski definition) is 4. The number of thiocarbonyl (C=S) groups is 1. The second kappa shape index (κ2) is 10.8. The van der Waals surface area contributed by atoms with Crippen LogP contribution in [0.1, 0.15) is 33.2 Å². The first-order valence-electron chi connectivity index (χ1n) is 9.62. The Bertz CT molecular complexity index is 1100. The Kier molecular flexibility index (Phi) is 7.92. The number of anilines is 1. The molecule has 0 bridgehead atoms. The van der Waals surface area contributed by atoms with Crippen LogP contribution in [0.25, 0.3) is 0 Å². The van der Waals surface area contributed by atoms with E-state index in [2.05, 4.69) is 26.6 Å². The van der Waals surface area contributed by atoms with Gasteiger partial charge in [-0.25, -0.2) is 0 Å². The smallest absolute Gasteiger partial charge is 0.261 e. The van der Waals surface area contributed by atoms with Gasteiger partial charge in [0.25, 0.3) is 5.91 Å². The zero-order chi connectivity index (χ0) is 22.2. The molecule has 0 aliphatic rings. The predicted octanol–water partition coefficient (Wildman–Crippen LogP) is 5.40. The lowest BCUT2D eigenvalue weighted by Gasteiger charge is -2.14. The maximum absolute atomic E-state index is 12.8. The van der Waals surface area contributed by atoms with E-state index in [1.807, 2.05) is 36.4 Å². The first kappa shape index (κ1) is 22.7. The fraction of sp³-hybridized carbons (Fsp3) is 0.125. The fourth-order valence-corrected chi connectivity index (χ4v) is 3.45. The Labute approximate surface area is 194 Å². The lowest BCUT2D eigenvalue weighted by molar-refractivity contribution is 0.0972. The molecular weight excluding hydrogens is 476 g/mol. The molecule has 2 N–H and O–H groups in total. The van der Waals surface area contributed by atoms with Gasteiger partial charge in [0.15, 0.2) is 10.9 Å². The summed E-state index contributed by atoms with van der Waals surface area (Å²) in [6.07, 6.45) is 0.727. The number of carbonyl (C=O) groups excluding carboxylic acids is 2. The highest BCUT2D eigenvalue weighted by Gasteiger charge is 2.15. The highest BCUT2D eigenvalue weighted by molar-refractivity contribution is 9.10. The topological polar surface area (TPSA) is 67.4 Å². The van der Waals surface area contributed by atoms with E-state index in [0.717, 1.165) is 16.5 Å². The van der Waals surface area contributed by atoms with Gasteiger partial charge in [0.2, 0.25) is 0 Å². The minimum absolute atomic E-state index is 0.0509. The second-order valence-electron chi connectivity index (χ2n) is 6.77.